The van der Waals surface area contributed by atoms with Crippen molar-refractivity contribution in [1.82, 2.24) is 4.90 Å². The number of aryl methyl sites for hydroxylation is 2. The fraction of sp³-hybridized carbons (Fsp3) is 0.515. The van der Waals surface area contributed by atoms with Crippen LogP contribution in [0.4, 0.5) is 0 Å². The molecule has 5 nitrogen and oxygen atoms in total. The lowest BCUT2D eigenvalue weighted by molar-refractivity contribution is -0.132. The van der Waals surface area contributed by atoms with Crippen LogP contribution in [0.2, 0.25) is 10.0 Å². The monoisotopic (exact) mass is 588 g/mol. The number of methoxy groups -OCH3 is 1. The smallest absolute Gasteiger partial charge is 0.272 e. The van der Waals surface area contributed by atoms with E-state index in [2.05, 4.69) is 34.6 Å². The fourth-order valence-corrected chi connectivity index (χ4v) is 4.91. The van der Waals surface area contributed by atoms with Crippen molar-refractivity contribution in [2.24, 2.45) is 4.99 Å². The molecule has 0 aliphatic rings. The molecule has 1 amide bonds. The second kappa shape index (κ2) is 14.9. The highest BCUT2D eigenvalue weighted by Gasteiger charge is 2.31. The number of hydrogen-bond acceptors (Lipinski definition) is 4. The van der Waals surface area contributed by atoms with Gasteiger partial charge in [-0.15, -0.1) is 0 Å². The quantitative estimate of drug-likeness (QED) is 0.173. The van der Waals surface area contributed by atoms with Crippen molar-refractivity contribution in [3.8, 4) is 11.5 Å². The van der Waals surface area contributed by atoms with Gasteiger partial charge in [-0.3, -0.25) is 4.79 Å². The highest BCUT2D eigenvalue weighted by molar-refractivity contribution is 6.44. The number of carbonyl (C=O) groups excluding carboxylic acids is 1. The number of carbonyl (C=O) groups is 1. The molecule has 40 heavy (non-hydrogen) atoms. The van der Waals surface area contributed by atoms with Crippen LogP contribution >= 0.6 is 23.2 Å². The van der Waals surface area contributed by atoms with Gasteiger partial charge in [-0.05, 0) is 109 Å². The van der Waals surface area contributed by atoms with Crippen molar-refractivity contribution in [3.63, 3.8) is 0 Å². The van der Waals surface area contributed by atoms with Gasteiger partial charge in [-0.2, -0.15) is 0 Å². The summed E-state index contributed by atoms with van der Waals surface area (Å²) in [4.78, 5) is 21.1. The molecule has 2 rings (SSSR count). The van der Waals surface area contributed by atoms with E-state index in [9.17, 15) is 4.79 Å². The van der Waals surface area contributed by atoms with Crippen molar-refractivity contribution < 1.29 is 14.3 Å². The van der Waals surface area contributed by atoms with Crippen molar-refractivity contribution in [2.75, 3.05) is 13.7 Å². The maximum Gasteiger partial charge on any atom is 0.272 e. The third kappa shape index (κ3) is 8.50. The van der Waals surface area contributed by atoms with E-state index in [-0.39, 0.29) is 17.6 Å². The Morgan fingerprint density at radius 3 is 2.35 bits per heavy atom. The van der Waals surface area contributed by atoms with Gasteiger partial charge < -0.3 is 14.4 Å². The molecule has 0 aliphatic carbocycles. The molecule has 0 atom stereocenters. The van der Waals surface area contributed by atoms with Gasteiger partial charge in [-0.1, -0.05) is 49.2 Å². The van der Waals surface area contributed by atoms with Crippen LogP contribution in [0.5, 0.6) is 11.5 Å². The summed E-state index contributed by atoms with van der Waals surface area (Å²) in [7, 11) is 1.65. The van der Waals surface area contributed by atoms with Gasteiger partial charge in [0.05, 0.1) is 23.3 Å². The molecule has 0 radical (unpaired) electrons. The van der Waals surface area contributed by atoms with Crippen molar-refractivity contribution in [1.29, 1.82) is 0 Å². The Morgan fingerprint density at radius 2 is 1.77 bits per heavy atom. The number of hydrogen-bond donors (Lipinski definition) is 0. The van der Waals surface area contributed by atoms with Crippen LogP contribution in [-0.4, -0.2) is 41.8 Å². The molecule has 0 spiro atoms. The summed E-state index contributed by atoms with van der Waals surface area (Å²) in [6.07, 6.45) is 3.11. The van der Waals surface area contributed by atoms with E-state index in [0.29, 0.717) is 45.7 Å². The van der Waals surface area contributed by atoms with Gasteiger partial charge in [0, 0.05) is 23.4 Å². The first kappa shape index (κ1) is 33.7. The minimum atomic E-state index is -0.314. The van der Waals surface area contributed by atoms with Gasteiger partial charge in [-0.25, -0.2) is 4.99 Å². The van der Waals surface area contributed by atoms with Crippen LogP contribution in [0.25, 0.3) is 0 Å². The molecule has 0 unspecified atom stereocenters. The van der Waals surface area contributed by atoms with E-state index in [1.54, 1.807) is 13.2 Å². The minimum absolute atomic E-state index is 0.0467. The lowest BCUT2D eigenvalue weighted by Gasteiger charge is -2.38. The number of benzene rings is 2. The normalized spacial score (nSPS) is 12.9. The maximum absolute atomic E-state index is 14.2. The zero-order chi connectivity index (χ0) is 30.2. The highest BCUT2D eigenvalue weighted by atomic mass is 35.5. The molecule has 0 N–H and O–H groups in total. The summed E-state index contributed by atoms with van der Waals surface area (Å²) in [5.41, 5.74) is 4.66. The average Bonchev–Trinajstić information content (AvgIpc) is 2.90. The first-order valence-electron chi connectivity index (χ1n) is 14.1. The lowest BCUT2D eigenvalue weighted by atomic mass is 9.96. The molecule has 0 heterocycles. The van der Waals surface area contributed by atoms with E-state index in [1.807, 2.05) is 56.9 Å². The number of nitrogens with zero attached hydrogens (tertiary/aromatic N) is 2. The van der Waals surface area contributed by atoms with Crippen LogP contribution in [0, 0.1) is 6.92 Å². The molecule has 220 valence electrons. The van der Waals surface area contributed by atoms with Gasteiger partial charge >= 0.3 is 0 Å². The number of rotatable bonds is 13. The molecule has 0 saturated heterocycles. The Morgan fingerprint density at radius 1 is 1.10 bits per heavy atom. The molecule has 2 aromatic carbocycles. The standard InChI is InChI=1S/C33H46Cl2N2O3/c1-11-18-37(33(8,9)12-2)32(38)31(36-24(7)26-14-13-15-27(34)30(26)35)22(5)16-17-25-20-28(39-10)29(19-23(25)6)40-21(3)4/h13-15,19-21H,11-12,16-18H2,1-10H3/b31-22+,36-24?. The number of ether oxygens (including phenoxy) is 2. The van der Waals surface area contributed by atoms with Gasteiger partial charge in [0.2, 0.25) is 0 Å². The molecule has 0 saturated carbocycles. The largest absolute Gasteiger partial charge is 0.493 e. The molecule has 0 bridgehead atoms. The van der Waals surface area contributed by atoms with Crippen molar-refractivity contribution >= 4 is 34.8 Å². The van der Waals surface area contributed by atoms with E-state index >= 15 is 0 Å². The van der Waals surface area contributed by atoms with Crippen LogP contribution in [0.1, 0.15) is 91.3 Å². The fourth-order valence-electron chi connectivity index (χ4n) is 4.48. The van der Waals surface area contributed by atoms with Crippen LogP contribution in [0.3, 0.4) is 0 Å². The van der Waals surface area contributed by atoms with Gasteiger partial charge in [0.1, 0.15) is 5.70 Å². The molecule has 0 fully saturated rings. The van der Waals surface area contributed by atoms with Gasteiger partial charge in [0.15, 0.2) is 11.5 Å². The first-order valence-corrected chi connectivity index (χ1v) is 14.9. The van der Waals surface area contributed by atoms with E-state index in [0.717, 1.165) is 41.7 Å². The van der Waals surface area contributed by atoms with Crippen molar-refractivity contribution in [2.45, 2.75) is 99.6 Å². The Bertz CT molecular complexity index is 1250. The molecular weight excluding hydrogens is 543 g/mol. The molecule has 7 heteroatoms. The number of allylic oxidation sites excluding steroid dienone is 1. The Balaban J connectivity index is 2.59. The summed E-state index contributed by atoms with van der Waals surface area (Å²) < 4.78 is 11.6. The third-order valence-corrected chi connectivity index (χ3v) is 8.09. The molecular formula is C33H46Cl2N2O3. The second-order valence-electron chi connectivity index (χ2n) is 11.1. The minimum Gasteiger partial charge on any atom is -0.493 e. The van der Waals surface area contributed by atoms with Crippen LogP contribution in [0.15, 0.2) is 46.6 Å². The Labute approximate surface area is 251 Å². The van der Waals surface area contributed by atoms with E-state index < -0.39 is 0 Å². The summed E-state index contributed by atoms with van der Waals surface area (Å²) >= 11 is 12.8. The Kier molecular flexibility index (Phi) is 12.6. The number of amides is 1. The molecule has 2 aromatic rings. The molecule has 0 aliphatic heterocycles. The average molecular weight is 590 g/mol. The SMILES string of the molecule is CCCN(C(=O)/C(N=C(C)c1cccc(Cl)c1Cl)=C(/C)CCc1cc(OC)c(OC(C)C)cc1C)C(C)(C)CC. The van der Waals surface area contributed by atoms with E-state index in [4.69, 9.17) is 37.7 Å². The lowest BCUT2D eigenvalue weighted by Crippen LogP contribution is -2.48. The summed E-state index contributed by atoms with van der Waals surface area (Å²) in [5, 5.41) is 0.886. The topological polar surface area (TPSA) is 51.1 Å². The number of aliphatic imine (C=N–C) groups is 1. The van der Waals surface area contributed by atoms with E-state index in [1.165, 1.54) is 0 Å². The number of halogens is 2. The zero-order valence-electron chi connectivity index (χ0n) is 25.9. The van der Waals surface area contributed by atoms with Crippen LogP contribution < -0.4 is 9.47 Å². The second-order valence-corrected chi connectivity index (χ2v) is 11.9. The first-order chi connectivity index (χ1) is 18.8. The summed E-state index contributed by atoms with van der Waals surface area (Å²) in [6.45, 7) is 19.0. The van der Waals surface area contributed by atoms with Crippen LogP contribution in [-0.2, 0) is 11.2 Å². The third-order valence-electron chi connectivity index (χ3n) is 7.27. The predicted octanol–water partition coefficient (Wildman–Crippen LogP) is 9.24. The summed E-state index contributed by atoms with van der Waals surface area (Å²) in [6, 6.07) is 9.52. The van der Waals surface area contributed by atoms with Gasteiger partial charge in [0.25, 0.3) is 5.91 Å². The Hall–Kier alpha value is -2.50. The maximum atomic E-state index is 14.2. The highest BCUT2D eigenvalue weighted by Crippen LogP contribution is 2.33. The summed E-state index contributed by atoms with van der Waals surface area (Å²) in [5.74, 6) is 1.37. The zero-order valence-corrected chi connectivity index (χ0v) is 27.4. The predicted molar refractivity (Wildman–Crippen MR) is 170 cm³/mol. The van der Waals surface area contributed by atoms with Crippen molar-refractivity contribution in [3.05, 3.63) is 68.3 Å². The molecule has 0 aromatic heterocycles.